The zero-order valence-electron chi connectivity index (χ0n) is 14.7. The molecule has 0 radical (unpaired) electrons. The number of allylic oxidation sites excluding steroid dienone is 2. The first-order valence-electron chi connectivity index (χ1n) is 8.74. The van der Waals surface area contributed by atoms with Crippen molar-refractivity contribution in [2.24, 2.45) is 40.4 Å². The van der Waals surface area contributed by atoms with E-state index >= 15 is 0 Å². The molecule has 1 saturated heterocycles. The number of esters is 1. The van der Waals surface area contributed by atoms with Crippen LogP contribution in [0, 0.1) is 40.4 Å². The van der Waals surface area contributed by atoms with Crippen LogP contribution in [0.5, 0.6) is 0 Å². The van der Waals surface area contributed by atoms with Gasteiger partial charge in [0.25, 0.3) is 0 Å². The van der Waals surface area contributed by atoms with E-state index in [9.17, 15) is 14.4 Å². The van der Waals surface area contributed by atoms with Crippen LogP contribution in [0.15, 0.2) is 24.3 Å². The van der Waals surface area contributed by atoms with Gasteiger partial charge >= 0.3 is 5.97 Å². The molecule has 2 saturated carbocycles. The quantitative estimate of drug-likeness (QED) is 0.578. The summed E-state index contributed by atoms with van der Waals surface area (Å²) in [4.78, 5) is 37.6. The lowest BCUT2D eigenvalue weighted by Gasteiger charge is -2.57. The molecule has 0 bridgehead atoms. The van der Waals surface area contributed by atoms with E-state index in [4.69, 9.17) is 4.74 Å². The molecule has 4 heteroatoms. The summed E-state index contributed by atoms with van der Waals surface area (Å²) in [7, 11) is 0. The highest BCUT2D eigenvalue weighted by Crippen LogP contribution is 2.71. The second-order valence-electron chi connectivity index (χ2n) is 8.89. The third kappa shape index (κ3) is 1.57. The van der Waals surface area contributed by atoms with Crippen LogP contribution in [0.25, 0.3) is 0 Å². The van der Waals surface area contributed by atoms with E-state index in [2.05, 4.69) is 27.4 Å². The third-order valence-corrected chi connectivity index (χ3v) is 7.32. The lowest BCUT2D eigenvalue weighted by Crippen LogP contribution is -2.56. The Kier molecular flexibility index (Phi) is 2.94. The molecular formula is C20H24O4. The van der Waals surface area contributed by atoms with Gasteiger partial charge in [0.1, 0.15) is 11.9 Å². The Morgan fingerprint density at radius 3 is 2.58 bits per heavy atom. The van der Waals surface area contributed by atoms with Gasteiger partial charge < -0.3 is 4.74 Å². The summed E-state index contributed by atoms with van der Waals surface area (Å²) in [5.41, 5.74) is -0.0519. The summed E-state index contributed by atoms with van der Waals surface area (Å²) in [5, 5.41) is 0. The van der Waals surface area contributed by atoms with Crippen molar-refractivity contribution in [2.45, 2.75) is 40.2 Å². The Balaban J connectivity index is 2.00. The molecule has 0 aromatic rings. The van der Waals surface area contributed by atoms with Crippen LogP contribution in [0.3, 0.4) is 0 Å². The van der Waals surface area contributed by atoms with Gasteiger partial charge in [-0.05, 0) is 42.1 Å². The van der Waals surface area contributed by atoms with Gasteiger partial charge in [-0.2, -0.15) is 0 Å². The molecule has 0 spiro atoms. The first-order valence-corrected chi connectivity index (χ1v) is 8.74. The highest BCUT2D eigenvalue weighted by atomic mass is 16.6. The minimum Gasteiger partial charge on any atom is -0.458 e. The Morgan fingerprint density at radius 2 is 2.00 bits per heavy atom. The van der Waals surface area contributed by atoms with Crippen molar-refractivity contribution < 1.29 is 19.1 Å². The van der Waals surface area contributed by atoms with Gasteiger partial charge in [0.15, 0.2) is 5.78 Å². The molecule has 24 heavy (non-hydrogen) atoms. The second kappa shape index (κ2) is 4.47. The Labute approximate surface area is 142 Å². The highest BCUT2D eigenvalue weighted by Gasteiger charge is 2.73. The largest absolute Gasteiger partial charge is 0.458 e. The van der Waals surface area contributed by atoms with E-state index in [1.54, 1.807) is 6.92 Å². The minimum atomic E-state index is -0.428. The van der Waals surface area contributed by atoms with Crippen LogP contribution in [0.4, 0.5) is 0 Å². The topological polar surface area (TPSA) is 60.4 Å². The molecule has 0 amide bonds. The first kappa shape index (κ1) is 15.8. The molecule has 0 aromatic carbocycles. The molecule has 3 fully saturated rings. The van der Waals surface area contributed by atoms with Crippen molar-refractivity contribution in [3.8, 4) is 0 Å². The van der Waals surface area contributed by atoms with Crippen LogP contribution in [0.2, 0.25) is 0 Å². The smallest absolute Gasteiger partial charge is 0.334 e. The summed E-state index contributed by atoms with van der Waals surface area (Å²) < 4.78 is 5.64. The van der Waals surface area contributed by atoms with Gasteiger partial charge in [0.05, 0.1) is 5.92 Å². The maximum Gasteiger partial charge on any atom is 0.334 e. The molecule has 1 aliphatic heterocycles. The standard InChI is InChI=1S/C20H24O4/c1-6-13-19(3,4)8-11-12(22)7-10-14-16(11)20(13,5)15(9(2)21)17(14)24-18(10)23/h6-7,11,13-17H,1,8H2,2-5H3/t11-,13+,14+,15-,16-,17+,20+/m1/s1. The molecule has 3 aliphatic carbocycles. The molecule has 4 rings (SSSR count). The molecular weight excluding hydrogens is 304 g/mol. The minimum absolute atomic E-state index is 0.0219. The fraction of sp³-hybridized carbons (Fsp3) is 0.650. The number of carbonyl (C=O) groups excluding carboxylic acids is 3. The number of carbonyl (C=O) groups is 3. The summed E-state index contributed by atoms with van der Waals surface area (Å²) in [5.74, 6) is -0.920. The molecule has 0 N–H and O–H groups in total. The number of hydrogen-bond acceptors (Lipinski definition) is 4. The summed E-state index contributed by atoms with van der Waals surface area (Å²) in [6.07, 6.45) is 3.79. The molecule has 0 aromatic heterocycles. The number of rotatable bonds is 2. The number of ether oxygens (including phenoxy) is 1. The van der Waals surface area contributed by atoms with E-state index in [0.717, 1.165) is 6.42 Å². The summed E-state index contributed by atoms with van der Waals surface area (Å²) >= 11 is 0. The SMILES string of the molecule is C=C[C@H]1C(C)(C)C[C@@H]2C(=O)C=C3C(=O)O[C@H]4[C@@H]3[C@@H]2[C@]1(C)[C@@H]4C(C)=O. The predicted molar refractivity (Wildman–Crippen MR) is 87.8 cm³/mol. The highest BCUT2D eigenvalue weighted by molar-refractivity contribution is 6.05. The molecule has 4 aliphatic rings. The molecule has 128 valence electrons. The Morgan fingerprint density at radius 1 is 1.33 bits per heavy atom. The Hall–Kier alpha value is -1.71. The lowest BCUT2D eigenvalue weighted by molar-refractivity contribution is -0.152. The molecule has 0 unspecified atom stereocenters. The molecule has 7 atom stereocenters. The van der Waals surface area contributed by atoms with E-state index in [1.165, 1.54) is 6.08 Å². The van der Waals surface area contributed by atoms with Gasteiger partial charge in [0.2, 0.25) is 0 Å². The number of hydrogen-bond donors (Lipinski definition) is 0. The van der Waals surface area contributed by atoms with E-state index in [-0.39, 0.29) is 46.6 Å². The van der Waals surface area contributed by atoms with Crippen molar-refractivity contribution in [1.29, 1.82) is 0 Å². The normalized spacial score (nSPS) is 47.8. The maximum atomic E-state index is 12.8. The monoisotopic (exact) mass is 328 g/mol. The first-order chi connectivity index (χ1) is 11.1. The number of ketones is 2. The van der Waals surface area contributed by atoms with Crippen molar-refractivity contribution in [3.05, 3.63) is 24.3 Å². The zero-order chi connectivity index (χ0) is 17.6. The van der Waals surface area contributed by atoms with Crippen LogP contribution in [-0.4, -0.2) is 23.6 Å². The van der Waals surface area contributed by atoms with Crippen LogP contribution >= 0.6 is 0 Å². The third-order valence-electron chi connectivity index (χ3n) is 7.32. The van der Waals surface area contributed by atoms with E-state index < -0.39 is 17.5 Å². The van der Waals surface area contributed by atoms with Crippen LogP contribution in [0.1, 0.15) is 34.1 Å². The van der Waals surface area contributed by atoms with E-state index in [0.29, 0.717) is 5.57 Å². The molecule has 1 heterocycles. The van der Waals surface area contributed by atoms with Gasteiger partial charge in [-0.25, -0.2) is 4.79 Å². The van der Waals surface area contributed by atoms with Gasteiger partial charge in [-0.15, -0.1) is 6.58 Å². The molecule has 4 nitrogen and oxygen atoms in total. The average Bonchev–Trinajstić information content (AvgIpc) is 2.88. The van der Waals surface area contributed by atoms with Gasteiger partial charge in [0, 0.05) is 17.4 Å². The predicted octanol–water partition coefficient (Wildman–Crippen LogP) is 2.73. The fourth-order valence-corrected chi connectivity index (χ4v) is 6.88. The van der Waals surface area contributed by atoms with E-state index in [1.807, 2.05) is 6.08 Å². The lowest BCUT2D eigenvalue weighted by atomic mass is 9.45. The summed E-state index contributed by atoms with van der Waals surface area (Å²) in [6, 6.07) is 0. The number of Topliss-reactive ketones (excluding diaryl/α,β-unsaturated/α-hetero) is 1. The van der Waals surface area contributed by atoms with Crippen molar-refractivity contribution in [2.75, 3.05) is 0 Å². The Bertz CT molecular complexity index is 715. The van der Waals surface area contributed by atoms with Crippen molar-refractivity contribution in [3.63, 3.8) is 0 Å². The van der Waals surface area contributed by atoms with Crippen molar-refractivity contribution >= 4 is 17.5 Å². The van der Waals surface area contributed by atoms with Crippen LogP contribution < -0.4 is 0 Å². The summed E-state index contributed by atoms with van der Waals surface area (Å²) in [6.45, 7) is 12.1. The maximum absolute atomic E-state index is 12.8. The van der Waals surface area contributed by atoms with Gasteiger partial charge in [-0.3, -0.25) is 9.59 Å². The average molecular weight is 328 g/mol. The zero-order valence-corrected chi connectivity index (χ0v) is 14.7. The van der Waals surface area contributed by atoms with Gasteiger partial charge in [-0.1, -0.05) is 26.8 Å². The van der Waals surface area contributed by atoms with Crippen molar-refractivity contribution in [1.82, 2.24) is 0 Å². The second-order valence-corrected chi connectivity index (χ2v) is 8.89. The fourth-order valence-electron chi connectivity index (χ4n) is 6.88. The van der Waals surface area contributed by atoms with Crippen LogP contribution in [-0.2, 0) is 19.1 Å².